The van der Waals surface area contributed by atoms with E-state index >= 15 is 0 Å². The van der Waals surface area contributed by atoms with Crippen LogP contribution in [0.3, 0.4) is 0 Å². The molecule has 0 fully saturated rings. The molecule has 0 nitrogen and oxygen atoms in total. The van der Waals surface area contributed by atoms with Crippen molar-refractivity contribution < 1.29 is 0 Å². The van der Waals surface area contributed by atoms with Crippen molar-refractivity contribution in [2.75, 3.05) is 0 Å². The maximum Gasteiger partial charge on any atom is 0.144 e. The lowest BCUT2D eigenvalue weighted by Crippen LogP contribution is -2.57. The quantitative estimate of drug-likeness (QED) is 0.165. The van der Waals surface area contributed by atoms with Gasteiger partial charge in [-0.3, -0.25) is 0 Å². The second kappa shape index (κ2) is 7.84. The lowest BCUT2D eigenvalue weighted by atomic mass is 9.88. The van der Waals surface area contributed by atoms with Gasteiger partial charge in [-0.05, 0) is 0 Å². The largest absolute Gasteiger partial charge is 0.152 e. The van der Waals surface area contributed by atoms with Gasteiger partial charge in [0.15, 0.2) is 0 Å². The van der Waals surface area contributed by atoms with Crippen LogP contribution in [0.4, 0.5) is 0 Å². The average Bonchev–Trinajstić information content (AvgIpc) is 3.80. The van der Waals surface area contributed by atoms with Gasteiger partial charge in [-0.25, -0.2) is 0 Å². The third kappa shape index (κ3) is 2.20. The maximum atomic E-state index is 2.57. The summed E-state index contributed by atoms with van der Waals surface area (Å²) < 4.78 is 15.5. The predicted molar refractivity (Wildman–Crippen MR) is 197 cm³/mol. The van der Waals surface area contributed by atoms with Crippen LogP contribution in [0.25, 0.3) is 44.5 Å². The molecule has 0 atom stereocenters. The van der Waals surface area contributed by atoms with Gasteiger partial charge in [-0.2, -0.15) is 45.3 Å². The van der Waals surface area contributed by atoms with E-state index in [1.807, 2.05) is 80.5 Å². The predicted octanol–water partition coefficient (Wildman–Crippen LogP) is 6.58. The molecule has 4 aromatic heterocycles. The molecule has 5 aliphatic rings. The van der Waals surface area contributed by atoms with Crippen molar-refractivity contribution >= 4 is 114 Å². The van der Waals surface area contributed by atoms with Crippen LogP contribution in [0.5, 0.6) is 0 Å². The highest BCUT2D eigenvalue weighted by atomic mass is 32.1. The summed E-state index contributed by atoms with van der Waals surface area (Å²) in [4.78, 5) is 0. The van der Waals surface area contributed by atoms with Crippen LogP contribution in [-0.4, -0.2) is 32.3 Å². The zero-order chi connectivity index (χ0) is 27.7. The molecule has 8 heterocycles. The second-order valence-corrected chi connectivity index (χ2v) is 38.5. The lowest BCUT2D eigenvalue weighted by Gasteiger charge is -2.29. The highest BCUT2D eigenvalue weighted by Gasteiger charge is 2.63. The molecule has 4 aromatic rings. The Morgan fingerprint density at radius 1 is 0.275 bits per heavy atom. The fourth-order valence-corrected chi connectivity index (χ4v) is 47.4. The minimum absolute atomic E-state index is 1.40. The van der Waals surface area contributed by atoms with Gasteiger partial charge in [0.2, 0.25) is 0 Å². The first kappa shape index (κ1) is 26.1. The fraction of sp³-hybridized carbons (Fsp3) is 0.500. The summed E-state index contributed by atoms with van der Waals surface area (Å²) in [6.07, 6.45) is 0. The Bertz CT molecular complexity index is 1410. The van der Waals surface area contributed by atoms with E-state index in [1.54, 1.807) is 0 Å². The first-order valence-corrected chi connectivity index (χ1v) is 29.0. The van der Waals surface area contributed by atoms with E-state index in [1.165, 1.54) is 48.4 Å². The third-order valence-corrected chi connectivity index (χ3v) is 46.6. The van der Waals surface area contributed by atoms with Crippen LogP contribution >= 0.6 is 45.3 Å². The van der Waals surface area contributed by atoms with Crippen molar-refractivity contribution in [1.82, 2.24) is 0 Å². The number of hydrogen-bond donors (Lipinski definition) is 0. The van der Waals surface area contributed by atoms with Gasteiger partial charge >= 0.3 is 0 Å². The standard InChI is InChI=1S/C32H40S4Si4/c1-9-37(10-2)25-17-18-20-22-24-23-21-19(17)27(33-25)38(11-3,12-4)29(21)35-31(23)40(15-7,16-8)32(24)36-30(22)39(13-5,14-6)28(20)34-26(18)37/h9-16H2,1-8H3. The molecule has 4 aliphatic heterocycles. The lowest BCUT2D eigenvalue weighted by molar-refractivity contribution is 1.30. The molecule has 8 heteroatoms. The molecule has 0 aromatic carbocycles. The minimum Gasteiger partial charge on any atom is -0.152 e. The third-order valence-electron chi connectivity index (χ3n) is 12.9. The molecule has 0 saturated carbocycles. The average molecular weight is 665 g/mol. The number of rotatable bonds is 8. The van der Waals surface area contributed by atoms with Crippen molar-refractivity contribution in [3.63, 3.8) is 0 Å². The molecule has 1 aliphatic carbocycles. The van der Waals surface area contributed by atoms with E-state index in [2.05, 4.69) is 101 Å². The number of hydrogen-bond acceptors (Lipinski definition) is 4. The summed E-state index contributed by atoms with van der Waals surface area (Å²) >= 11 is 9.61. The van der Waals surface area contributed by atoms with E-state index in [4.69, 9.17) is 0 Å². The molecule has 0 N–H and O–H groups in total. The van der Waals surface area contributed by atoms with E-state index in [0.717, 1.165) is 0 Å². The molecule has 40 heavy (non-hydrogen) atoms. The fourth-order valence-electron chi connectivity index (χ4n) is 10.3. The maximum absolute atomic E-state index is 2.57. The van der Waals surface area contributed by atoms with Crippen LogP contribution in [-0.2, 0) is 0 Å². The van der Waals surface area contributed by atoms with Gasteiger partial charge in [0.1, 0.15) is 32.3 Å². The van der Waals surface area contributed by atoms with Crippen molar-refractivity contribution in [3.05, 3.63) is 0 Å². The van der Waals surface area contributed by atoms with Crippen molar-refractivity contribution in [1.29, 1.82) is 0 Å². The van der Waals surface area contributed by atoms with Crippen LogP contribution in [0.1, 0.15) is 55.4 Å². The Hall–Kier alpha value is -0.332. The molecule has 208 valence electrons. The molecule has 0 amide bonds. The molecule has 0 bridgehead atoms. The van der Waals surface area contributed by atoms with Crippen LogP contribution in [0.15, 0.2) is 0 Å². The van der Waals surface area contributed by atoms with E-state index in [-0.39, 0.29) is 0 Å². The molecule has 0 radical (unpaired) electrons. The SMILES string of the molecule is CC[Si]1(CC)c2sc3c4c2-c2c1sc1c2-c2c(sc5c2-c2c(sc(c2-4)[Si]3(CC)CC)[Si]5(CC)CC)[Si]1(CC)CC. The summed E-state index contributed by atoms with van der Waals surface area (Å²) in [5, 5.41) is 0. The smallest absolute Gasteiger partial charge is 0.144 e. The van der Waals surface area contributed by atoms with Crippen LogP contribution in [0, 0.1) is 0 Å². The summed E-state index contributed by atoms with van der Waals surface area (Å²) in [6, 6.07) is 11.2. The Morgan fingerprint density at radius 3 is 0.500 bits per heavy atom. The Kier molecular flexibility index (Phi) is 5.11. The zero-order valence-corrected chi connectivity index (χ0v) is 32.6. The molecule has 0 saturated heterocycles. The van der Waals surface area contributed by atoms with Gasteiger partial charge in [0.05, 0.1) is 0 Å². The topological polar surface area (TPSA) is 0 Å². The first-order chi connectivity index (χ1) is 19.4. The van der Waals surface area contributed by atoms with Crippen molar-refractivity contribution in [2.24, 2.45) is 0 Å². The van der Waals surface area contributed by atoms with Gasteiger partial charge in [0, 0.05) is 80.5 Å². The highest BCUT2D eigenvalue weighted by Crippen LogP contribution is 2.60. The first-order valence-electron chi connectivity index (χ1n) is 16.1. The monoisotopic (exact) mass is 664 g/mol. The Labute approximate surface area is 259 Å². The molecule has 0 spiro atoms. The van der Waals surface area contributed by atoms with Gasteiger partial charge < -0.3 is 0 Å². The Balaban J connectivity index is 1.59. The van der Waals surface area contributed by atoms with Crippen molar-refractivity contribution in [3.8, 4) is 44.5 Å². The molecular weight excluding hydrogens is 625 g/mol. The highest BCUT2D eigenvalue weighted by molar-refractivity contribution is 7.54. The van der Waals surface area contributed by atoms with Crippen molar-refractivity contribution in [2.45, 2.75) is 104 Å². The molecular formula is C32H40S4Si4. The Morgan fingerprint density at radius 2 is 0.400 bits per heavy atom. The second-order valence-electron chi connectivity index (χ2n) is 13.2. The summed E-state index contributed by atoms with van der Waals surface area (Å²) in [5.74, 6) is 0. The van der Waals surface area contributed by atoms with E-state index in [9.17, 15) is 0 Å². The summed E-state index contributed by atoms with van der Waals surface area (Å²) in [7, 11) is -6.84. The van der Waals surface area contributed by atoms with Crippen LogP contribution in [0.2, 0.25) is 48.4 Å². The summed E-state index contributed by atoms with van der Waals surface area (Å²) in [5.41, 5.74) is 14.7. The molecule has 0 unspecified atom stereocenters. The van der Waals surface area contributed by atoms with E-state index < -0.39 is 32.3 Å². The van der Waals surface area contributed by atoms with Gasteiger partial charge in [0.25, 0.3) is 0 Å². The van der Waals surface area contributed by atoms with E-state index in [0.29, 0.717) is 0 Å². The normalized spacial score (nSPS) is 20.6. The molecule has 9 rings (SSSR count). The van der Waals surface area contributed by atoms with Crippen LogP contribution < -0.4 is 36.0 Å². The van der Waals surface area contributed by atoms with Gasteiger partial charge in [-0.15, -0.1) is 0 Å². The van der Waals surface area contributed by atoms with Gasteiger partial charge in [-0.1, -0.05) is 104 Å². The minimum atomic E-state index is -1.71. The number of thiophene rings is 4. The zero-order valence-electron chi connectivity index (χ0n) is 25.3. The summed E-state index contributed by atoms with van der Waals surface area (Å²) in [6.45, 7) is 20.6.